The topological polar surface area (TPSA) is 32.8 Å². The summed E-state index contributed by atoms with van der Waals surface area (Å²) in [6.07, 6.45) is 9.72. The zero-order chi connectivity index (χ0) is 22.9. The minimum Gasteiger partial charge on any atom is -0.493 e. The molecule has 2 aliphatic heterocycles. The first-order valence-electron chi connectivity index (χ1n) is 13.1. The predicted molar refractivity (Wildman–Crippen MR) is 136 cm³/mol. The first kappa shape index (κ1) is 23.8. The van der Waals surface area contributed by atoms with Gasteiger partial charge in [-0.3, -0.25) is 4.79 Å². The summed E-state index contributed by atoms with van der Waals surface area (Å²) in [6.45, 7) is 7.21. The predicted octanol–water partition coefficient (Wildman–Crippen LogP) is 6.19. The highest BCUT2D eigenvalue weighted by atomic mass is 16.5. The number of unbranched alkanes of at least 4 members (excludes halogenated alkanes) is 3. The first-order chi connectivity index (χ1) is 16.2. The van der Waals surface area contributed by atoms with Gasteiger partial charge in [-0.2, -0.15) is 0 Å². The lowest BCUT2D eigenvalue weighted by molar-refractivity contribution is -0.118. The molecule has 0 bridgehead atoms. The Balaban J connectivity index is 1.22. The fraction of sp³-hybridized carbons (Fsp3) is 0.552. The number of hydrogen-bond donors (Lipinski definition) is 0. The molecule has 0 radical (unpaired) electrons. The number of piperidine rings is 1. The second-order valence-electron chi connectivity index (χ2n) is 9.63. The van der Waals surface area contributed by atoms with Crippen LogP contribution in [0.3, 0.4) is 0 Å². The average molecular weight is 449 g/mol. The third-order valence-corrected chi connectivity index (χ3v) is 7.24. The molecule has 178 valence electrons. The van der Waals surface area contributed by atoms with Crippen molar-refractivity contribution >= 4 is 11.6 Å². The average Bonchev–Trinajstić information content (AvgIpc) is 2.86. The van der Waals surface area contributed by atoms with E-state index in [-0.39, 0.29) is 5.91 Å². The van der Waals surface area contributed by atoms with Crippen LogP contribution in [0.5, 0.6) is 5.75 Å². The Morgan fingerprint density at radius 1 is 0.909 bits per heavy atom. The maximum absolute atomic E-state index is 12.6. The van der Waals surface area contributed by atoms with Crippen LogP contribution in [0.2, 0.25) is 0 Å². The number of aryl methyl sites for hydroxylation is 1. The lowest BCUT2D eigenvalue weighted by atomic mass is 9.89. The standard InChI is InChI=1S/C29H40N2O2/c1-2-3-4-8-19-31-28-23-27(14-12-26(28)13-15-29(31)32)33-22-9-18-30-20-16-25(17-21-30)24-10-6-5-7-11-24/h5-7,10-12,14,23,25H,2-4,8-9,13,15-22H2,1H3. The lowest BCUT2D eigenvalue weighted by Gasteiger charge is -2.32. The van der Waals surface area contributed by atoms with Crippen LogP contribution in [0.25, 0.3) is 0 Å². The van der Waals surface area contributed by atoms with E-state index in [9.17, 15) is 4.79 Å². The summed E-state index contributed by atoms with van der Waals surface area (Å²) in [5, 5.41) is 0. The van der Waals surface area contributed by atoms with E-state index in [2.05, 4.69) is 60.4 Å². The molecular weight excluding hydrogens is 408 g/mol. The number of hydrogen-bond acceptors (Lipinski definition) is 3. The number of fused-ring (bicyclic) bond motifs is 1. The zero-order valence-electron chi connectivity index (χ0n) is 20.3. The molecule has 0 N–H and O–H groups in total. The monoisotopic (exact) mass is 448 g/mol. The number of anilines is 1. The number of amides is 1. The smallest absolute Gasteiger partial charge is 0.227 e. The number of benzene rings is 2. The molecule has 4 heteroatoms. The molecule has 2 heterocycles. The van der Waals surface area contributed by atoms with Gasteiger partial charge in [0.15, 0.2) is 0 Å². The van der Waals surface area contributed by atoms with Crippen molar-refractivity contribution < 1.29 is 9.53 Å². The molecule has 0 unspecified atom stereocenters. The summed E-state index contributed by atoms with van der Waals surface area (Å²) in [7, 11) is 0. The van der Waals surface area contributed by atoms with E-state index in [0.717, 1.165) is 50.4 Å². The Hall–Kier alpha value is -2.33. The number of carbonyl (C=O) groups excluding carboxylic acids is 1. The van der Waals surface area contributed by atoms with E-state index < -0.39 is 0 Å². The Kier molecular flexibility index (Phi) is 8.82. The van der Waals surface area contributed by atoms with Crippen molar-refractivity contribution in [2.45, 2.75) is 70.6 Å². The molecule has 4 rings (SSSR count). The van der Waals surface area contributed by atoms with Crippen LogP contribution in [0.1, 0.15) is 75.3 Å². The Morgan fingerprint density at radius 3 is 2.52 bits per heavy atom. The van der Waals surface area contributed by atoms with Crippen molar-refractivity contribution in [2.24, 2.45) is 0 Å². The maximum atomic E-state index is 12.6. The first-order valence-corrected chi connectivity index (χ1v) is 13.1. The van der Waals surface area contributed by atoms with Crippen molar-refractivity contribution in [1.82, 2.24) is 4.90 Å². The highest BCUT2D eigenvalue weighted by Gasteiger charge is 2.24. The summed E-state index contributed by atoms with van der Waals surface area (Å²) in [5.74, 6) is 1.86. The van der Waals surface area contributed by atoms with Gasteiger partial charge < -0.3 is 14.5 Å². The van der Waals surface area contributed by atoms with Crippen molar-refractivity contribution in [1.29, 1.82) is 0 Å². The summed E-state index contributed by atoms with van der Waals surface area (Å²) >= 11 is 0. The molecule has 0 aromatic heterocycles. The molecule has 2 aromatic rings. The van der Waals surface area contributed by atoms with Crippen molar-refractivity contribution in [3.05, 3.63) is 59.7 Å². The van der Waals surface area contributed by atoms with Crippen LogP contribution < -0.4 is 9.64 Å². The minimum absolute atomic E-state index is 0.259. The van der Waals surface area contributed by atoms with Crippen LogP contribution >= 0.6 is 0 Å². The molecule has 33 heavy (non-hydrogen) atoms. The van der Waals surface area contributed by atoms with Crippen LogP contribution in [0.15, 0.2) is 48.5 Å². The van der Waals surface area contributed by atoms with Gasteiger partial charge in [0.2, 0.25) is 5.91 Å². The molecule has 1 amide bonds. The van der Waals surface area contributed by atoms with Gasteiger partial charge in [-0.15, -0.1) is 0 Å². The molecule has 1 saturated heterocycles. The van der Waals surface area contributed by atoms with E-state index in [0.29, 0.717) is 12.3 Å². The fourth-order valence-electron chi connectivity index (χ4n) is 5.24. The lowest BCUT2D eigenvalue weighted by Crippen LogP contribution is -2.36. The van der Waals surface area contributed by atoms with Crippen molar-refractivity contribution in [2.75, 3.05) is 37.7 Å². The molecule has 2 aromatic carbocycles. The second kappa shape index (κ2) is 12.2. The van der Waals surface area contributed by atoms with Crippen LogP contribution in [-0.2, 0) is 11.2 Å². The molecule has 2 aliphatic rings. The molecule has 0 saturated carbocycles. The molecular formula is C29H40N2O2. The number of rotatable bonds is 11. The molecule has 0 atom stereocenters. The fourth-order valence-corrected chi connectivity index (χ4v) is 5.24. The largest absolute Gasteiger partial charge is 0.493 e. The second-order valence-corrected chi connectivity index (χ2v) is 9.63. The maximum Gasteiger partial charge on any atom is 0.227 e. The van der Waals surface area contributed by atoms with Gasteiger partial charge in [-0.05, 0) is 68.3 Å². The quantitative estimate of drug-likeness (QED) is 0.384. The molecule has 1 fully saturated rings. The van der Waals surface area contributed by atoms with E-state index in [1.165, 1.54) is 56.3 Å². The van der Waals surface area contributed by atoms with E-state index in [1.807, 2.05) is 4.90 Å². The zero-order valence-corrected chi connectivity index (χ0v) is 20.3. The third-order valence-electron chi connectivity index (χ3n) is 7.24. The van der Waals surface area contributed by atoms with Gasteiger partial charge in [0.25, 0.3) is 0 Å². The van der Waals surface area contributed by atoms with Crippen LogP contribution in [0.4, 0.5) is 5.69 Å². The third kappa shape index (κ3) is 6.60. The highest BCUT2D eigenvalue weighted by molar-refractivity contribution is 5.96. The number of ether oxygens (including phenoxy) is 1. The van der Waals surface area contributed by atoms with Gasteiger partial charge in [0, 0.05) is 25.6 Å². The van der Waals surface area contributed by atoms with Gasteiger partial charge in [0.1, 0.15) is 5.75 Å². The van der Waals surface area contributed by atoms with E-state index in [1.54, 1.807) is 0 Å². The Bertz CT molecular complexity index is 874. The van der Waals surface area contributed by atoms with E-state index in [4.69, 9.17) is 4.74 Å². The number of likely N-dealkylation sites (tertiary alicyclic amines) is 1. The summed E-state index contributed by atoms with van der Waals surface area (Å²) in [4.78, 5) is 17.1. The highest BCUT2D eigenvalue weighted by Crippen LogP contribution is 2.32. The minimum atomic E-state index is 0.259. The van der Waals surface area contributed by atoms with Gasteiger partial charge in [0.05, 0.1) is 12.3 Å². The Morgan fingerprint density at radius 2 is 1.73 bits per heavy atom. The van der Waals surface area contributed by atoms with Crippen molar-refractivity contribution in [3.8, 4) is 5.75 Å². The van der Waals surface area contributed by atoms with Crippen molar-refractivity contribution in [3.63, 3.8) is 0 Å². The summed E-state index contributed by atoms with van der Waals surface area (Å²) in [6, 6.07) is 17.3. The summed E-state index contributed by atoms with van der Waals surface area (Å²) < 4.78 is 6.12. The number of nitrogens with zero attached hydrogens (tertiary/aromatic N) is 2. The van der Waals surface area contributed by atoms with E-state index >= 15 is 0 Å². The normalized spacial score (nSPS) is 17.2. The number of carbonyl (C=O) groups is 1. The molecule has 0 aliphatic carbocycles. The Labute approximate surface area is 199 Å². The van der Waals surface area contributed by atoms with Gasteiger partial charge in [-0.25, -0.2) is 0 Å². The molecule has 4 nitrogen and oxygen atoms in total. The van der Waals surface area contributed by atoms with Gasteiger partial charge >= 0.3 is 0 Å². The SMILES string of the molecule is CCCCCCN1C(=O)CCc2ccc(OCCCN3CCC(c4ccccc4)CC3)cc21. The van der Waals surface area contributed by atoms with Gasteiger partial charge in [-0.1, -0.05) is 62.6 Å². The molecule has 0 spiro atoms. The van der Waals surface area contributed by atoms with Crippen LogP contribution in [0, 0.1) is 0 Å². The summed E-state index contributed by atoms with van der Waals surface area (Å²) in [5.41, 5.74) is 3.84. The van der Waals surface area contributed by atoms with Crippen LogP contribution in [-0.4, -0.2) is 43.6 Å².